The van der Waals surface area contributed by atoms with Crippen molar-refractivity contribution in [1.82, 2.24) is 9.97 Å². The second-order valence-electron chi connectivity index (χ2n) is 8.25. The molecule has 0 spiro atoms. The molecule has 0 amide bonds. The molecule has 3 atom stereocenters. The lowest BCUT2D eigenvalue weighted by Crippen LogP contribution is -2.42. The van der Waals surface area contributed by atoms with Crippen molar-refractivity contribution in [2.75, 3.05) is 0 Å². The minimum atomic E-state index is -1.74. The Labute approximate surface area is 190 Å². The molecule has 2 heterocycles. The summed E-state index contributed by atoms with van der Waals surface area (Å²) in [6.07, 6.45) is -1.73. The molecule has 3 aromatic rings. The van der Waals surface area contributed by atoms with Crippen LogP contribution in [0.25, 0.3) is 28.7 Å². The van der Waals surface area contributed by atoms with Crippen LogP contribution in [0.4, 0.5) is 8.78 Å². The lowest BCUT2D eigenvalue weighted by molar-refractivity contribution is -0.164. The number of alkyl halides is 1. The number of carbonyl (C=O) groups excluding carboxylic acids is 1. The maximum atomic E-state index is 14.5. The standard InChI is InChI=1S/C26H24F2N2O3/c1-15(2)24-19(12-13-21-23(28)20(31)14-22(32)33-21)25(16-8-10-18(27)11-9-16)30-26(29-24)17-6-4-3-5-7-17/h3-13,15,20-21,23,31H,14H2,1-2H3/t20-,21+,23+/m0/s1. The molecule has 33 heavy (non-hydrogen) atoms. The highest BCUT2D eigenvalue weighted by molar-refractivity contribution is 5.76. The maximum Gasteiger partial charge on any atom is 0.309 e. The molecule has 4 rings (SSSR count). The van der Waals surface area contributed by atoms with Gasteiger partial charge < -0.3 is 9.84 Å². The number of aliphatic hydroxyl groups is 1. The number of benzene rings is 2. The van der Waals surface area contributed by atoms with Crippen LogP contribution in [0.3, 0.4) is 0 Å². The molecule has 2 aromatic carbocycles. The van der Waals surface area contributed by atoms with Gasteiger partial charge in [-0.1, -0.05) is 50.3 Å². The molecule has 5 nitrogen and oxygen atoms in total. The van der Waals surface area contributed by atoms with Crippen molar-refractivity contribution in [1.29, 1.82) is 0 Å². The van der Waals surface area contributed by atoms with E-state index >= 15 is 0 Å². The number of hydrogen-bond acceptors (Lipinski definition) is 5. The Hall–Kier alpha value is -3.45. The third kappa shape index (κ3) is 4.98. The number of cyclic esters (lactones) is 1. The van der Waals surface area contributed by atoms with Gasteiger partial charge >= 0.3 is 5.97 Å². The van der Waals surface area contributed by atoms with Gasteiger partial charge in [-0.3, -0.25) is 4.79 Å². The molecule has 0 aliphatic carbocycles. The Morgan fingerprint density at radius 3 is 2.42 bits per heavy atom. The number of hydrogen-bond donors (Lipinski definition) is 1. The monoisotopic (exact) mass is 450 g/mol. The highest BCUT2D eigenvalue weighted by Gasteiger charge is 2.36. The summed E-state index contributed by atoms with van der Waals surface area (Å²) in [5, 5.41) is 9.81. The molecular weight excluding hydrogens is 426 g/mol. The van der Waals surface area contributed by atoms with Crippen LogP contribution in [0.5, 0.6) is 0 Å². The molecule has 0 radical (unpaired) electrons. The van der Waals surface area contributed by atoms with Crippen LogP contribution in [-0.4, -0.2) is 39.4 Å². The van der Waals surface area contributed by atoms with E-state index in [4.69, 9.17) is 14.7 Å². The predicted octanol–water partition coefficient (Wildman–Crippen LogP) is 5.10. The van der Waals surface area contributed by atoms with Crippen molar-refractivity contribution >= 4 is 12.0 Å². The summed E-state index contributed by atoms with van der Waals surface area (Å²) in [5.41, 5.74) is 3.35. The van der Waals surface area contributed by atoms with Gasteiger partial charge in [0.15, 0.2) is 18.1 Å². The number of rotatable bonds is 5. The molecule has 1 aliphatic rings. The van der Waals surface area contributed by atoms with Gasteiger partial charge in [-0.05, 0) is 36.3 Å². The van der Waals surface area contributed by atoms with Crippen LogP contribution in [0.15, 0.2) is 60.7 Å². The average molecular weight is 450 g/mol. The van der Waals surface area contributed by atoms with Gasteiger partial charge in [0.2, 0.25) is 0 Å². The summed E-state index contributed by atoms with van der Waals surface area (Å²) in [5.74, 6) is -0.543. The van der Waals surface area contributed by atoms with Gasteiger partial charge in [0.05, 0.1) is 23.9 Å². The molecule has 7 heteroatoms. The van der Waals surface area contributed by atoms with Gasteiger partial charge in [-0.25, -0.2) is 18.7 Å². The minimum Gasteiger partial charge on any atom is -0.455 e. The van der Waals surface area contributed by atoms with Crippen LogP contribution in [-0.2, 0) is 9.53 Å². The van der Waals surface area contributed by atoms with Crippen molar-refractivity contribution in [2.24, 2.45) is 0 Å². The zero-order valence-electron chi connectivity index (χ0n) is 18.3. The zero-order chi connectivity index (χ0) is 23.5. The third-order valence-electron chi connectivity index (χ3n) is 5.45. The van der Waals surface area contributed by atoms with Crippen molar-refractivity contribution in [2.45, 2.75) is 44.6 Å². The fourth-order valence-electron chi connectivity index (χ4n) is 3.74. The molecule has 0 bridgehead atoms. The first-order chi connectivity index (χ1) is 15.8. The highest BCUT2D eigenvalue weighted by Crippen LogP contribution is 2.32. The van der Waals surface area contributed by atoms with E-state index in [1.165, 1.54) is 18.2 Å². The molecule has 1 N–H and O–H groups in total. The topological polar surface area (TPSA) is 72.3 Å². The van der Waals surface area contributed by atoms with E-state index in [0.717, 1.165) is 5.56 Å². The summed E-state index contributed by atoms with van der Waals surface area (Å²) < 4.78 is 33.2. The number of aromatic nitrogens is 2. The van der Waals surface area contributed by atoms with Crippen molar-refractivity contribution in [3.63, 3.8) is 0 Å². The molecule has 170 valence electrons. The van der Waals surface area contributed by atoms with E-state index in [1.54, 1.807) is 18.2 Å². The molecule has 1 fully saturated rings. The van der Waals surface area contributed by atoms with Crippen LogP contribution < -0.4 is 0 Å². The van der Waals surface area contributed by atoms with Gasteiger partial charge in [0.1, 0.15) is 5.82 Å². The first-order valence-corrected chi connectivity index (χ1v) is 10.8. The first kappa shape index (κ1) is 22.7. The number of nitrogens with zero attached hydrogens (tertiary/aromatic N) is 2. The van der Waals surface area contributed by atoms with E-state index in [2.05, 4.69) is 0 Å². The molecule has 0 unspecified atom stereocenters. The Morgan fingerprint density at radius 2 is 1.76 bits per heavy atom. The highest BCUT2D eigenvalue weighted by atomic mass is 19.1. The van der Waals surface area contributed by atoms with E-state index in [-0.39, 0.29) is 18.2 Å². The second-order valence-corrected chi connectivity index (χ2v) is 8.25. The van der Waals surface area contributed by atoms with Crippen molar-refractivity contribution < 1.29 is 23.4 Å². The molecule has 1 aliphatic heterocycles. The summed E-state index contributed by atoms with van der Waals surface area (Å²) in [7, 11) is 0. The number of esters is 1. The summed E-state index contributed by atoms with van der Waals surface area (Å²) >= 11 is 0. The number of halogens is 2. The van der Waals surface area contributed by atoms with Gasteiger partial charge in [0, 0.05) is 16.7 Å². The van der Waals surface area contributed by atoms with E-state index in [9.17, 15) is 18.7 Å². The maximum absolute atomic E-state index is 14.5. The Morgan fingerprint density at radius 1 is 1.06 bits per heavy atom. The number of ether oxygens (including phenoxy) is 1. The Kier molecular flexibility index (Phi) is 6.60. The smallest absolute Gasteiger partial charge is 0.309 e. The van der Waals surface area contributed by atoms with Crippen LogP contribution in [0.2, 0.25) is 0 Å². The molecule has 0 saturated carbocycles. The number of carbonyl (C=O) groups is 1. The van der Waals surface area contributed by atoms with Crippen molar-refractivity contribution in [3.05, 3.63) is 77.7 Å². The number of aliphatic hydroxyl groups excluding tert-OH is 1. The third-order valence-corrected chi connectivity index (χ3v) is 5.45. The fraction of sp³-hybridized carbons (Fsp3) is 0.269. The van der Waals surface area contributed by atoms with Gasteiger partial charge in [-0.2, -0.15) is 0 Å². The fourth-order valence-corrected chi connectivity index (χ4v) is 3.74. The predicted molar refractivity (Wildman–Crippen MR) is 121 cm³/mol. The van der Waals surface area contributed by atoms with Crippen LogP contribution in [0.1, 0.15) is 37.4 Å². The van der Waals surface area contributed by atoms with Crippen LogP contribution in [0, 0.1) is 5.82 Å². The van der Waals surface area contributed by atoms with Gasteiger partial charge in [0.25, 0.3) is 0 Å². The molecule has 1 aromatic heterocycles. The Bertz CT molecular complexity index is 1160. The quantitative estimate of drug-likeness (QED) is 0.548. The largest absolute Gasteiger partial charge is 0.455 e. The second kappa shape index (κ2) is 9.58. The van der Waals surface area contributed by atoms with Gasteiger partial charge in [-0.15, -0.1) is 0 Å². The van der Waals surface area contributed by atoms with E-state index < -0.39 is 24.3 Å². The lowest BCUT2D eigenvalue weighted by Gasteiger charge is -2.27. The van der Waals surface area contributed by atoms with E-state index in [1.807, 2.05) is 44.2 Å². The van der Waals surface area contributed by atoms with E-state index in [0.29, 0.717) is 28.3 Å². The minimum absolute atomic E-state index is 0.0185. The molecule has 1 saturated heterocycles. The first-order valence-electron chi connectivity index (χ1n) is 10.8. The SMILES string of the molecule is CC(C)c1nc(-c2ccccc2)nc(-c2ccc(F)cc2)c1C=C[C@H]1OC(=O)C[C@H](O)[C@H]1F. The summed E-state index contributed by atoms with van der Waals surface area (Å²) in [6.45, 7) is 3.95. The summed E-state index contributed by atoms with van der Waals surface area (Å²) in [4.78, 5) is 21.2. The van der Waals surface area contributed by atoms with Crippen LogP contribution >= 0.6 is 0 Å². The molecular formula is C26H24F2N2O3. The Balaban J connectivity index is 1.87. The summed E-state index contributed by atoms with van der Waals surface area (Å²) in [6, 6.07) is 15.4. The van der Waals surface area contributed by atoms with Crippen molar-refractivity contribution in [3.8, 4) is 22.6 Å². The lowest BCUT2D eigenvalue weighted by atomic mass is 9.96. The normalized spacial score (nSPS) is 20.9. The zero-order valence-corrected chi connectivity index (χ0v) is 18.3. The average Bonchev–Trinajstić information content (AvgIpc) is 2.81.